The number of hydrogen-bond donors (Lipinski definition) is 1. The van der Waals surface area contributed by atoms with Crippen molar-refractivity contribution in [3.8, 4) is 11.5 Å². The lowest BCUT2D eigenvalue weighted by molar-refractivity contribution is 0.285. The van der Waals surface area contributed by atoms with Crippen LogP contribution in [0.25, 0.3) is 0 Å². The molecule has 4 nitrogen and oxygen atoms in total. The molecule has 0 saturated carbocycles. The SMILES string of the molecule is COc1ccc(NC(=S)N(C)CCOc2cccc(Cl)c2)cc1. The lowest BCUT2D eigenvalue weighted by atomic mass is 10.3. The van der Waals surface area contributed by atoms with E-state index in [1.165, 1.54) is 0 Å². The lowest BCUT2D eigenvalue weighted by Crippen LogP contribution is -2.34. The Balaban J connectivity index is 1.78. The van der Waals surface area contributed by atoms with Crippen molar-refractivity contribution in [2.45, 2.75) is 0 Å². The molecule has 2 aromatic carbocycles. The molecule has 0 atom stereocenters. The molecule has 0 radical (unpaired) electrons. The highest BCUT2D eigenvalue weighted by Gasteiger charge is 2.05. The minimum Gasteiger partial charge on any atom is -0.497 e. The van der Waals surface area contributed by atoms with Gasteiger partial charge >= 0.3 is 0 Å². The summed E-state index contributed by atoms with van der Waals surface area (Å²) in [4.78, 5) is 1.92. The van der Waals surface area contributed by atoms with Gasteiger partial charge in [-0.15, -0.1) is 0 Å². The topological polar surface area (TPSA) is 33.7 Å². The standard InChI is InChI=1S/C17H19ClN2O2S/c1-20(10-11-22-16-5-3-4-13(18)12-16)17(23)19-14-6-8-15(21-2)9-7-14/h3-9,12H,10-11H2,1-2H3,(H,19,23). The van der Waals surface area contributed by atoms with E-state index < -0.39 is 0 Å². The molecule has 1 N–H and O–H groups in total. The number of nitrogens with one attached hydrogen (secondary N) is 1. The third-order valence-corrected chi connectivity index (χ3v) is 3.83. The average molecular weight is 351 g/mol. The Hall–Kier alpha value is -1.98. The van der Waals surface area contributed by atoms with Gasteiger partial charge in [0.25, 0.3) is 0 Å². The van der Waals surface area contributed by atoms with Gasteiger partial charge in [0, 0.05) is 17.8 Å². The van der Waals surface area contributed by atoms with Crippen molar-refractivity contribution in [2.75, 3.05) is 32.6 Å². The van der Waals surface area contributed by atoms with E-state index >= 15 is 0 Å². The van der Waals surface area contributed by atoms with Crippen molar-refractivity contribution in [1.29, 1.82) is 0 Å². The fraction of sp³-hybridized carbons (Fsp3) is 0.235. The summed E-state index contributed by atoms with van der Waals surface area (Å²) in [5.74, 6) is 1.56. The smallest absolute Gasteiger partial charge is 0.173 e. The summed E-state index contributed by atoms with van der Waals surface area (Å²) >= 11 is 11.3. The van der Waals surface area contributed by atoms with Crippen LogP contribution in [0.5, 0.6) is 11.5 Å². The van der Waals surface area contributed by atoms with Crippen LogP contribution in [0.4, 0.5) is 5.69 Å². The summed E-state index contributed by atoms with van der Waals surface area (Å²) in [6, 6.07) is 14.9. The number of anilines is 1. The van der Waals surface area contributed by atoms with Gasteiger partial charge in [0.15, 0.2) is 5.11 Å². The molecule has 23 heavy (non-hydrogen) atoms. The Kier molecular flexibility index (Phi) is 6.50. The van der Waals surface area contributed by atoms with Crippen LogP contribution in [-0.4, -0.2) is 37.3 Å². The summed E-state index contributed by atoms with van der Waals surface area (Å²) in [6.45, 7) is 1.18. The number of benzene rings is 2. The second-order valence-corrected chi connectivity index (χ2v) is 5.71. The zero-order chi connectivity index (χ0) is 16.7. The number of methoxy groups -OCH3 is 1. The maximum absolute atomic E-state index is 5.92. The summed E-state index contributed by atoms with van der Waals surface area (Å²) in [7, 11) is 3.56. The molecular formula is C17H19ClN2O2S. The zero-order valence-corrected chi connectivity index (χ0v) is 14.7. The zero-order valence-electron chi connectivity index (χ0n) is 13.1. The van der Waals surface area contributed by atoms with Crippen LogP contribution in [0.15, 0.2) is 48.5 Å². The van der Waals surface area contributed by atoms with Crippen LogP contribution >= 0.6 is 23.8 Å². The van der Waals surface area contributed by atoms with Crippen molar-refractivity contribution in [2.24, 2.45) is 0 Å². The van der Waals surface area contributed by atoms with Gasteiger partial charge in [-0.1, -0.05) is 17.7 Å². The van der Waals surface area contributed by atoms with Gasteiger partial charge in [-0.2, -0.15) is 0 Å². The van der Waals surface area contributed by atoms with Crippen LogP contribution < -0.4 is 14.8 Å². The van der Waals surface area contributed by atoms with Gasteiger partial charge in [0.05, 0.1) is 13.7 Å². The fourth-order valence-electron chi connectivity index (χ4n) is 1.85. The van der Waals surface area contributed by atoms with E-state index in [0.717, 1.165) is 17.2 Å². The van der Waals surface area contributed by atoms with Gasteiger partial charge in [0.1, 0.15) is 18.1 Å². The Morgan fingerprint density at radius 3 is 2.57 bits per heavy atom. The number of ether oxygens (including phenoxy) is 2. The molecule has 0 aliphatic heterocycles. The summed E-state index contributed by atoms with van der Waals surface area (Å²) in [5.41, 5.74) is 0.915. The highest BCUT2D eigenvalue weighted by atomic mass is 35.5. The molecule has 0 saturated heterocycles. The maximum Gasteiger partial charge on any atom is 0.173 e. The number of thiocarbonyl (C=S) groups is 1. The number of halogens is 1. The summed E-state index contributed by atoms with van der Waals surface area (Å²) in [6.07, 6.45) is 0. The molecule has 0 aliphatic rings. The number of rotatable bonds is 6. The van der Waals surface area contributed by atoms with Gasteiger partial charge in [-0.25, -0.2) is 0 Å². The van der Waals surface area contributed by atoms with Crippen LogP contribution in [0.2, 0.25) is 5.02 Å². The van der Waals surface area contributed by atoms with Crippen molar-refractivity contribution >= 4 is 34.6 Å². The summed E-state index contributed by atoms with van der Waals surface area (Å²) in [5, 5.41) is 4.47. The van der Waals surface area contributed by atoms with Crippen molar-refractivity contribution in [3.05, 3.63) is 53.6 Å². The van der Waals surface area contributed by atoms with Gasteiger partial charge in [-0.3, -0.25) is 0 Å². The third kappa shape index (κ3) is 5.62. The molecule has 2 aromatic rings. The number of hydrogen-bond acceptors (Lipinski definition) is 3. The molecular weight excluding hydrogens is 332 g/mol. The fourth-order valence-corrected chi connectivity index (χ4v) is 2.24. The number of likely N-dealkylation sites (N-methyl/N-ethyl adjacent to an activating group) is 1. The van der Waals surface area contributed by atoms with Crippen LogP contribution in [-0.2, 0) is 0 Å². The van der Waals surface area contributed by atoms with Gasteiger partial charge in [0.2, 0.25) is 0 Å². The molecule has 0 spiro atoms. The molecule has 0 bridgehead atoms. The lowest BCUT2D eigenvalue weighted by Gasteiger charge is -2.21. The van der Waals surface area contributed by atoms with E-state index in [4.69, 9.17) is 33.3 Å². The molecule has 0 aromatic heterocycles. The maximum atomic E-state index is 5.92. The van der Waals surface area contributed by atoms with E-state index in [0.29, 0.717) is 23.3 Å². The largest absolute Gasteiger partial charge is 0.497 e. The first kappa shape index (κ1) is 17.4. The minimum absolute atomic E-state index is 0.515. The second-order valence-electron chi connectivity index (χ2n) is 4.89. The van der Waals surface area contributed by atoms with Crippen LogP contribution in [0.1, 0.15) is 0 Å². The predicted octanol–water partition coefficient (Wildman–Crippen LogP) is 4.06. The first-order valence-electron chi connectivity index (χ1n) is 7.13. The molecule has 2 rings (SSSR count). The Bertz CT molecular complexity index is 649. The molecule has 122 valence electrons. The number of nitrogens with zero attached hydrogens (tertiary/aromatic N) is 1. The Morgan fingerprint density at radius 1 is 1.17 bits per heavy atom. The Labute approximate surface area is 147 Å². The molecule has 0 fully saturated rings. The average Bonchev–Trinajstić information content (AvgIpc) is 2.55. The predicted molar refractivity (Wildman–Crippen MR) is 98.8 cm³/mol. The highest BCUT2D eigenvalue weighted by molar-refractivity contribution is 7.80. The second kappa shape index (κ2) is 8.60. The molecule has 0 unspecified atom stereocenters. The normalized spacial score (nSPS) is 10.0. The van der Waals surface area contributed by atoms with E-state index in [-0.39, 0.29) is 0 Å². The molecule has 0 aliphatic carbocycles. The molecule has 0 heterocycles. The molecule has 6 heteroatoms. The van der Waals surface area contributed by atoms with Crippen molar-refractivity contribution in [1.82, 2.24) is 4.90 Å². The monoisotopic (exact) mass is 350 g/mol. The summed E-state index contributed by atoms with van der Waals surface area (Å²) < 4.78 is 10.8. The van der Waals surface area contributed by atoms with E-state index in [1.807, 2.05) is 54.4 Å². The van der Waals surface area contributed by atoms with Gasteiger partial charge < -0.3 is 19.7 Å². The van der Waals surface area contributed by atoms with Gasteiger partial charge in [-0.05, 0) is 54.7 Å². The van der Waals surface area contributed by atoms with E-state index in [2.05, 4.69) is 5.32 Å². The van der Waals surface area contributed by atoms with E-state index in [9.17, 15) is 0 Å². The highest BCUT2D eigenvalue weighted by Crippen LogP contribution is 2.17. The third-order valence-electron chi connectivity index (χ3n) is 3.18. The first-order valence-corrected chi connectivity index (χ1v) is 7.91. The van der Waals surface area contributed by atoms with Crippen LogP contribution in [0, 0.1) is 0 Å². The van der Waals surface area contributed by atoms with E-state index in [1.54, 1.807) is 13.2 Å². The van der Waals surface area contributed by atoms with Crippen molar-refractivity contribution < 1.29 is 9.47 Å². The molecule has 0 amide bonds. The van der Waals surface area contributed by atoms with Crippen LogP contribution in [0.3, 0.4) is 0 Å². The quantitative estimate of drug-likeness (QED) is 0.795. The first-order chi connectivity index (χ1) is 11.1. The van der Waals surface area contributed by atoms with Crippen molar-refractivity contribution in [3.63, 3.8) is 0 Å². The minimum atomic E-state index is 0.515. The Morgan fingerprint density at radius 2 is 1.91 bits per heavy atom.